The lowest BCUT2D eigenvalue weighted by Crippen LogP contribution is -2.43. The smallest absolute Gasteiger partial charge is 0.227 e. The number of anilines is 1. The third kappa shape index (κ3) is 6.03. The molecule has 0 bridgehead atoms. The van der Waals surface area contributed by atoms with E-state index in [-0.39, 0.29) is 5.91 Å². The Morgan fingerprint density at radius 3 is 2.92 bits per heavy atom. The van der Waals surface area contributed by atoms with Gasteiger partial charge in [0.2, 0.25) is 5.91 Å². The number of hydrogen-bond donors (Lipinski definition) is 3. The van der Waals surface area contributed by atoms with E-state index in [0.29, 0.717) is 24.8 Å². The second kappa shape index (κ2) is 9.52. The molecule has 0 aliphatic heterocycles. The lowest BCUT2D eigenvalue weighted by atomic mass is 10.2. The Hall–Kier alpha value is -1.76. The fourth-order valence-electron chi connectivity index (χ4n) is 2.79. The van der Waals surface area contributed by atoms with Gasteiger partial charge in [0.05, 0.1) is 0 Å². The minimum Gasteiger partial charge on any atom is -0.356 e. The van der Waals surface area contributed by atoms with Crippen molar-refractivity contribution in [3.05, 3.63) is 23.9 Å². The average molecular weight is 350 g/mol. The van der Waals surface area contributed by atoms with E-state index in [1.165, 1.54) is 19.3 Å². The molecule has 2 unspecified atom stereocenters. The van der Waals surface area contributed by atoms with Gasteiger partial charge in [-0.1, -0.05) is 6.07 Å². The molecular formula is C17H27N5OS. The van der Waals surface area contributed by atoms with Gasteiger partial charge in [0.25, 0.3) is 0 Å². The van der Waals surface area contributed by atoms with Crippen LogP contribution in [0, 0.1) is 6.92 Å². The lowest BCUT2D eigenvalue weighted by molar-refractivity contribution is -0.116. The summed E-state index contributed by atoms with van der Waals surface area (Å²) in [6.07, 6.45) is 6.13. The predicted molar refractivity (Wildman–Crippen MR) is 102 cm³/mol. The highest BCUT2D eigenvalue weighted by Gasteiger charge is 2.24. The van der Waals surface area contributed by atoms with E-state index in [2.05, 4.69) is 32.2 Å². The van der Waals surface area contributed by atoms with Gasteiger partial charge in [-0.25, -0.2) is 4.98 Å². The summed E-state index contributed by atoms with van der Waals surface area (Å²) in [5, 5.41) is 10.2. The van der Waals surface area contributed by atoms with Gasteiger partial charge in [-0.3, -0.25) is 9.79 Å². The molecule has 132 valence electrons. The molecule has 1 aliphatic rings. The summed E-state index contributed by atoms with van der Waals surface area (Å²) in [6, 6.07) is 6.04. The molecule has 6 nitrogen and oxygen atoms in total. The van der Waals surface area contributed by atoms with Gasteiger partial charge in [-0.15, -0.1) is 0 Å². The molecule has 1 heterocycles. The monoisotopic (exact) mass is 349 g/mol. The van der Waals surface area contributed by atoms with E-state index in [9.17, 15) is 4.79 Å². The number of rotatable bonds is 6. The van der Waals surface area contributed by atoms with Crippen LogP contribution in [0.3, 0.4) is 0 Å². The standard InChI is InChI=1S/C17H27N5OS/c1-12-5-4-6-15(20-12)22-16(23)9-10-19-17(18-2)21-13-7-8-14(11-13)24-3/h4-6,13-14H,7-11H2,1-3H3,(H2,18,19,21)(H,20,22,23). The third-order valence-electron chi connectivity index (χ3n) is 4.08. The maximum atomic E-state index is 12.0. The normalized spacial score (nSPS) is 20.7. The fraction of sp³-hybridized carbons (Fsp3) is 0.588. The fourth-order valence-corrected chi connectivity index (χ4v) is 3.58. The Morgan fingerprint density at radius 2 is 2.25 bits per heavy atom. The highest BCUT2D eigenvalue weighted by molar-refractivity contribution is 7.99. The zero-order chi connectivity index (χ0) is 17.4. The second-order valence-corrected chi connectivity index (χ2v) is 7.11. The summed E-state index contributed by atoms with van der Waals surface area (Å²) in [7, 11) is 1.76. The van der Waals surface area contributed by atoms with Crippen molar-refractivity contribution in [2.45, 2.75) is 43.9 Å². The van der Waals surface area contributed by atoms with Crippen LogP contribution in [0.2, 0.25) is 0 Å². The molecule has 2 atom stereocenters. The zero-order valence-corrected chi connectivity index (χ0v) is 15.4. The molecule has 0 radical (unpaired) electrons. The zero-order valence-electron chi connectivity index (χ0n) is 14.6. The molecule has 1 saturated carbocycles. The maximum absolute atomic E-state index is 12.0. The summed E-state index contributed by atoms with van der Waals surface area (Å²) in [5.41, 5.74) is 0.885. The number of carbonyl (C=O) groups excluding carboxylic acids is 1. The summed E-state index contributed by atoms with van der Waals surface area (Å²) in [4.78, 5) is 20.5. The molecule has 1 aliphatic carbocycles. The molecule has 0 spiro atoms. The summed E-state index contributed by atoms with van der Waals surface area (Å²) in [6.45, 7) is 2.44. The Kier molecular flexibility index (Phi) is 7.36. The van der Waals surface area contributed by atoms with Crippen LogP contribution >= 0.6 is 11.8 Å². The first-order chi connectivity index (χ1) is 11.6. The molecule has 1 aromatic heterocycles. The number of carbonyl (C=O) groups is 1. The molecule has 0 saturated heterocycles. The largest absolute Gasteiger partial charge is 0.356 e. The van der Waals surface area contributed by atoms with Crippen LogP contribution in [-0.2, 0) is 4.79 Å². The van der Waals surface area contributed by atoms with Gasteiger partial charge in [-0.2, -0.15) is 11.8 Å². The highest BCUT2D eigenvalue weighted by atomic mass is 32.2. The molecular weight excluding hydrogens is 322 g/mol. The van der Waals surface area contributed by atoms with Gasteiger partial charge in [-0.05, 0) is 44.6 Å². The van der Waals surface area contributed by atoms with Crippen LogP contribution in [0.1, 0.15) is 31.4 Å². The predicted octanol–water partition coefficient (Wildman–Crippen LogP) is 2.17. The van der Waals surface area contributed by atoms with Crippen molar-refractivity contribution >= 4 is 29.4 Å². The third-order valence-corrected chi connectivity index (χ3v) is 5.18. The molecule has 1 aromatic rings. The van der Waals surface area contributed by atoms with E-state index in [4.69, 9.17) is 0 Å². The van der Waals surface area contributed by atoms with Gasteiger partial charge in [0.1, 0.15) is 5.82 Å². The number of aromatic nitrogens is 1. The van der Waals surface area contributed by atoms with Crippen LogP contribution < -0.4 is 16.0 Å². The van der Waals surface area contributed by atoms with Crippen molar-refractivity contribution in [2.75, 3.05) is 25.2 Å². The van der Waals surface area contributed by atoms with Crippen molar-refractivity contribution in [3.8, 4) is 0 Å². The molecule has 2 rings (SSSR count). The summed E-state index contributed by atoms with van der Waals surface area (Å²) >= 11 is 1.94. The molecule has 7 heteroatoms. The Morgan fingerprint density at radius 1 is 1.42 bits per heavy atom. The topological polar surface area (TPSA) is 78.4 Å². The highest BCUT2D eigenvalue weighted by Crippen LogP contribution is 2.27. The van der Waals surface area contributed by atoms with Gasteiger partial charge < -0.3 is 16.0 Å². The number of aryl methyl sites for hydroxylation is 1. The minimum absolute atomic E-state index is 0.0561. The van der Waals surface area contributed by atoms with Crippen molar-refractivity contribution in [3.63, 3.8) is 0 Å². The number of thioether (sulfide) groups is 1. The van der Waals surface area contributed by atoms with Crippen molar-refractivity contribution < 1.29 is 4.79 Å². The van der Waals surface area contributed by atoms with Crippen molar-refractivity contribution in [1.29, 1.82) is 0 Å². The van der Waals surface area contributed by atoms with E-state index in [0.717, 1.165) is 16.9 Å². The average Bonchev–Trinajstić information content (AvgIpc) is 3.01. The first-order valence-corrected chi connectivity index (χ1v) is 9.63. The molecule has 3 N–H and O–H groups in total. The molecule has 0 aromatic carbocycles. The van der Waals surface area contributed by atoms with E-state index in [1.807, 2.05) is 30.8 Å². The Labute approximate surface area is 148 Å². The van der Waals surface area contributed by atoms with Crippen LogP contribution in [0.5, 0.6) is 0 Å². The van der Waals surface area contributed by atoms with Crippen LogP contribution in [0.25, 0.3) is 0 Å². The number of amides is 1. The van der Waals surface area contributed by atoms with Gasteiger partial charge in [0.15, 0.2) is 5.96 Å². The number of aliphatic imine (C=N–C) groups is 1. The summed E-state index contributed by atoms with van der Waals surface area (Å²) < 4.78 is 0. The first kappa shape index (κ1) is 18.6. The first-order valence-electron chi connectivity index (χ1n) is 8.34. The quantitative estimate of drug-likeness (QED) is 0.542. The van der Waals surface area contributed by atoms with Gasteiger partial charge >= 0.3 is 0 Å². The van der Waals surface area contributed by atoms with Crippen LogP contribution in [0.15, 0.2) is 23.2 Å². The van der Waals surface area contributed by atoms with E-state index in [1.54, 1.807) is 13.1 Å². The van der Waals surface area contributed by atoms with Crippen molar-refractivity contribution in [1.82, 2.24) is 15.6 Å². The maximum Gasteiger partial charge on any atom is 0.227 e. The number of guanidine groups is 1. The van der Waals surface area contributed by atoms with Gasteiger partial charge in [0, 0.05) is 37.0 Å². The summed E-state index contributed by atoms with van der Waals surface area (Å²) in [5.74, 6) is 1.30. The van der Waals surface area contributed by atoms with Crippen LogP contribution in [-0.4, -0.2) is 48.0 Å². The number of nitrogens with one attached hydrogen (secondary N) is 3. The molecule has 1 amide bonds. The lowest BCUT2D eigenvalue weighted by Gasteiger charge is -2.17. The Bertz CT molecular complexity index is 578. The minimum atomic E-state index is -0.0561. The van der Waals surface area contributed by atoms with E-state index >= 15 is 0 Å². The molecule has 1 fully saturated rings. The number of hydrogen-bond acceptors (Lipinski definition) is 4. The Balaban J connectivity index is 1.69. The molecule has 24 heavy (non-hydrogen) atoms. The SMILES string of the molecule is CN=C(NCCC(=O)Nc1cccc(C)n1)NC1CCC(SC)C1. The number of nitrogens with zero attached hydrogens (tertiary/aromatic N) is 2. The number of pyridine rings is 1. The van der Waals surface area contributed by atoms with Crippen LogP contribution in [0.4, 0.5) is 5.82 Å². The van der Waals surface area contributed by atoms with E-state index < -0.39 is 0 Å². The second-order valence-electron chi connectivity index (χ2n) is 5.97. The van der Waals surface area contributed by atoms with Crippen molar-refractivity contribution in [2.24, 2.45) is 4.99 Å².